The maximum atomic E-state index is 8.93. The molecular formula is C12H18INOS. The van der Waals surface area contributed by atoms with Crippen LogP contribution in [0.2, 0.25) is 0 Å². The molecule has 16 heavy (non-hydrogen) atoms. The Balaban J connectivity index is 2.06. The number of rotatable bonds is 4. The van der Waals surface area contributed by atoms with E-state index in [2.05, 4.69) is 40.9 Å². The van der Waals surface area contributed by atoms with Gasteiger partial charge in [0.2, 0.25) is 0 Å². The van der Waals surface area contributed by atoms with Gasteiger partial charge in [0.15, 0.2) is 0 Å². The van der Waals surface area contributed by atoms with Crippen LogP contribution in [0.4, 0.5) is 0 Å². The Hall–Kier alpha value is 0.350. The molecule has 1 aliphatic carbocycles. The number of aryl methyl sites for hydroxylation is 1. The van der Waals surface area contributed by atoms with E-state index < -0.39 is 0 Å². The Morgan fingerprint density at radius 2 is 2.50 bits per heavy atom. The molecule has 2 unspecified atom stereocenters. The van der Waals surface area contributed by atoms with Gasteiger partial charge in [0.25, 0.3) is 0 Å². The van der Waals surface area contributed by atoms with Gasteiger partial charge in [-0.05, 0) is 66.8 Å². The van der Waals surface area contributed by atoms with Gasteiger partial charge < -0.3 is 10.4 Å². The van der Waals surface area contributed by atoms with Crippen LogP contribution in [0.5, 0.6) is 0 Å². The van der Waals surface area contributed by atoms with Gasteiger partial charge >= 0.3 is 0 Å². The van der Waals surface area contributed by atoms with Crippen molar-refractivity contribution >= 4 is 33.9 Å². The number of fused-ring (bicyclic) bond motifs is 1. The standard InChI is InChI=1S/C12H18INOS/c1-8(5-6-15)14-10-3-2-4-11-9(10)7-12(13)16-11/h7-8,10,14-15H,2-6H2,1H3. The third-order valence-corrected chi connectivity index (χ3v) is 5.10. The minimum atomic E-state index is 0.273. The molecule has 1 aromatic rings. The first-order valence-corrected chi connectivity index (χ1v) is 7.75. The van der Waals surface area contributed by atoms with E-state index in [0.717, 1.165) is 6.42 Å². The van der Waals surface area contributed by atoms with Crippen LogP contribution in [0.25, 0.3) is 0 Å². The minimum Gasteiger partial charge on any atom is -0.396 e. The maximum absolute atomic E-state index is 8.93. The summed E-state index contributed by atoms with van der Waals surface area (Å²) in [6, 6.07) is 3.23. The molecule has 0 saturated carbocycles. The molecule has 1 aliphatic rings. The molecule has 0 radical (unpaired) electrons. The Morgan fingerprint density at radius 3 is 3.25 bits per heavy atom. The first-order chi connectivity index (χ1) is 7.70. The second kappa shape index (κ2) is 5.80. The summed E-state index contributed by atoms with van der Waals surface area (Å²) in [7, 11) is 0. The third-order valence-electron chi connectivity index (χ3n) is 3.13. The van der Waals surface area contributed by atoms with Crippen LogP contribution >= 0.6 is 33.9 Å². The van der Waals surface area contributed by atoms with E-state index in [1.165, 1.54) is 27.7 Å². The van der Waals surface area contributed by atoms with Crippen molar-refractivity contribution < 1.29 is 5.11 Å². The summed E-state index contributed by atoms with van der Waals surface area (Å²) in [6.45, 7) is 2.43. The average molecular weight is 351 g/mol. The van der Waals surface area contributed by atoms with Crippen molar-refractivity contribution in [3.05, 3.63) is 19.4 Å². The van der Waals surface area contributed by atoms with Crippen molar-refractivity contribution in [2.45, 2.75) is 44.7 Å². The van der Waals surface area contributed by atoms with Gasteiger partial charge in [-0.25, -0.2) is 0 Å². The summed E-state index contributed by atoms with van der Waals surface area (Å²) in [6.07, 6.45) is 4.60. The van der Waals surface area contributed by atoms with E-state index in [1.54, 1.807) is 4.88 Å². The molecule has 90 valence electrons. The fraction of sp³-hybridized carbons (Fsp3) is 0.667. The summed E-state index contributed by atoms with van der Waals surface area (Å²) in [5, 5.41) is 12.6. The molecule has 0 fully saturated rings. The summed E-state index contributed by atoms with van der Waals surface area (Å²) < 4.78 is 1.39. The lowest BCUT2D eigenvalue weighted by Crippen LogP contribution is -2.32. The zero-order valence-corrected chi connectivity index (χ0v) is 12.5. The zero-order valence-electron chi connectivity index (χ0n) is 9.50. The maximum Gasteiger partial charge on any atom is 0.0659 e. The molecule has 0 saturated heterocycles. The summed E-state index contributed by atoms with van der Waals surface area (Å²) in [4.78, 5) is 1.56. The van der Waals surface area contributed by atoms with Crippen LogP contribution in [-0.4, -0.2) is 17.8 Å². The Labute approximate surface area is 115 Å². The predicted octanol–water partition coefficient (Wildman–Crippen LogP) is 3.09. The summed E-state index contributed by atoms with van der Waals surface area (Å²) in [5.74, 6) is 0. The molecule has 0 aliphatic heterocycles. The van der Waals surface area contributed by atoms with Gasteiger partial charge in [0.1, 0.15) is 0 Å². The molecule has 2 N–H and O–H groups in total. The van der Waals surface area contributed by atoms with Crippen molar-refractivity contribution in [2.75, 3.05) is 6.61 Å². The highest BCUT2D eigenvalue weighted by atomic mass is 127. The Bertz CT molecular complexity index is 353. The van der Waals surface area contributed by atoms with Crippen molar-refractivity contribution in [1.29, 1.82) is 0 Å². The number of hydrogen-bond acceptors (Lipinski definition) is 3. The van der Waals surface area contributed by atoms with Crippen LogP contribution < -0.4 is 5.32 Å². The normalized spacial score (nSPS) is 21.8. The van der Waals surface area contributed by atoms with Crippen LogP contribution in [0.15, 0.2) is 6.07 Å². The fourth-order valence-corrected chi connectivity index (χ4v) is 4.43. The lowest BCUT2D eigenvalue weighted by molar-refractivity contribution is 0.260. The number of aliphatic hydroxyl groups excluding tert-OH is 1. The SMILES string of the molecule is CC(CCO)NC1CCCc2sc(I)cc21. The molecule has 1 heterocycles. The number of thiophene rings is 1. The molecule has 0 aromatic carbocycles. The first-order valence-electron chi connectivity index (χ1n) is 5.85. The highest BCUT2D eigenvalue weighted by molar-refractivity contribution is 14.1. The van der Waals surface area contributed by atoms with Gasteiger partial charge in [-0.2, -0.15) is 0 Å². The van der Waals surface area contributed by atoms with E-state index in [4.69, 9.17) is 5.11 Å². The van der Waals surface area contributed by atoms with Gasteiger partial charge in [0.05, 0.1) is 2.88 Å². The number of halogens is 1. The van der Waals surface area contributed by atoms with Crippen molar-refractivity contribution in [2.24, 2.45) is 0 Å². The highest BCUT2D eigenvalue weighted by Gasteiger charge is 2.23. The van der Waals surface area contributed by atoms with Gasteiger partial charge in [-0.15, -0.1) is 11.3 Å². The van der Waals surface area contributed by atoms with Crippen LogP contribution in [0, 0.1) is 2.88 Å². The van der Waals surface area contributed by atoms with Gasteiger partial charge in [-0.3, -0.25) is 0 Å². The van der Waals surface area contributed by atoms with Crippen LogP contribution in [0.3, 0.4) is 0 Å². The molecule has 2 nitrogen and oxygen atoms in total. The number of nitrogens with one attached hydrogen (secondary N) is 1. The molecule has 0 amide bonds. The van der Waals surface area contributed by atoms with Gasteiger partial charge in [0, 0.05) is 23.6 Å². The number of hydrogen-bond donors (Lipinski definition) is 2. The quantitative estimate of drug-likeness (QED) is 0.818. The van der Waals surface area contributed by atoms with E-state index in [1.807, 2.05) is 11.3 Å². The minimum absolute atomic E-state index is 0.273. The molecule has 1 aromatic heterocycles. The van der Waals surface area contributed by atoms with E-state index in [9.17, 15) is 0 Å². The van der Waals surface area contributed by atoms with E-state index >= 15 is 0 Å². The zero-order chi connectivity index (χ0) is 11.5. The van der Waals surface area contributed by atoms with E-state index in [0.29, 0.717) is 12.1 Å². The Kier molecular flexibility index (Phi) is 4.64. The monoisotopic (exact) mass is 351 g/mol. The van der Waals surface area contributed by atoms with Crippen LogP contribution in [-0.2, 0) is 6.42 Å². The fourth-order valence-electron chi connectivity index (χ4n) is 2.31. The lowest BCUT2D eigenvalue weighted by Gasteiger charge is -2.27. The second-order valence-corrected chi connectivity index (χ2v) is 7.48. The first kappa shape index (κ1) is 12.8. The lowest BCUT2D eigenvalue weighted by atomic mass is 9.93. The molecule has 2 atom stereocenters. The summed E-state index contributed by atoms with van der Waals surface area (Å²) in [5.41, 5.74) is 1.51. The molecule has 4 heteroatoms. The highest BCUT2D eigenvalue weighted by Crippen LogP contribution is 2.36. The average Bonchev–Trinajstić information content (AvgIpc) is 2.60. The third kappa shape index (κ3) is 2.97. The van der Waals surface area contributed by atoms with E-state index in [-0.39, 0.29) is 6.61 Å². The molecule has 0 spiro atoms. The molecule has 2 rings (SSSR count). The predicted molar refractivity (Wildman–Crippen MR) is 77.0 cm³/mol. The topological polar surface area (TPSA) is 32.3 Å². The van der Waals surface area contributed by atoms with Crippen molar-refractivity contribution in [3.63, 3.8) is 0 Å². The second-order valence-electron chi connectivity index (χ2n) is 4.45. The van der Waals surface area contributed by atoms with Crippen LogP contribution in [0.1, 0.15) is 42.7 Å². The smallest absolute Gasteiger partial charge is 0.0659 e. The Morgan fingerprint density at radius 1 is 1.69 bits per heavy atom. The molecular weight excluding hydrogens is 333 g/mol. The van der Waals surface area contributed by atoms with Crippen molar-refractivity contribution in [3.8, 4) is 0 Å². The number of aliphatic hydroxyl groups is 1. The molecule has 0 bridgehead atoms. The summed E-state index contributed by atoms with van der Waals surface area (Å²) >= 11 is 4.34. The largest absolute Gasteiger partial charge is 0.396 e. The van der Waals surface area contributed by atoms with Crippen molar-refractivity contribution in [1.82, 2.24) is 5.32 Å². The van der Waals surface area contributed by atoms with Gasteiger partial charge in [-0.1, -0.05) is 0 Å².